The number of hydrogen-bond acceptors (Lipinski definition) is 3. The van der Waals surface area contributed by atoms with Crippen LogP contribution in [0.3, 0.4) is 0 Å². The molecule has 0 unspecified atom stereocenters. The highest BCUT2D eigenvalue weighted by Gasteiger charge is 2.25. The van der Waals surface area contributed by atoms with Crippen LogP contribution in [0.4, 0.5) is 5.82 Å². The summed E-state index contributed by atoms with van der Waals surface area (Å²) in [4.78, 5) is 19.2. The Bertz CT molecular complexity index is 657. The summed E-state index contributed by atoms with van der Waals surface area (Å²) < 4.78 is 0. The van der Waals surface area contributed by atoms with E-state index >= 15 is 0 Å². The first-order valence-electron chi connectivity index (χ1n) is 8.22. The molecule has 0 aliphatic carbocycles. The molecule has 4 nitrogen and oxygen atoms in total. The molecule has 4 heteroatoms. The number of aromatic nitrogens is 1. The van der Waals surface area contributed by atoms with Crippen LogP contribution in [0.25, 0.3) is 0 Å². The second-order valence-electron chi connectivity index (χ2n) is 6.04. The predicted molar refractivity (Wildman–Crippen MR) is 92.5 cm³/mol. The Balaban J connectivity index is 1.66. The van der Waals surface area contributed by atoms with Crippen molar-refractivity contribution < 1.29 is 4.79 Å². The van der Waals surface area contributed by atoms with Gasteiger partial charge < -0.3 is 10.2 Å². The fourth-order valence-electron chi connectivity index (χ4n) is 3.15. The molecule has 0 spiro atoms. The lowest BCUT2D eigenvalue weighted by molar-refractivity contribution is -0.131. The zero-order valence-corrected chi connectivity index (χ0v) is 13.5. The van der Waals surface area contributed by atoms with Crippen molar-refractivity contribution >= 4 is 11.7 Å². The summed E-state index contributed by atoms with van der Waals surface area (Å²) >= 11 is 0. The minimum Gasteiger partial charge on any atom is -0.373 e. The van der Waals surface area contributed by atoms with Gasteiger partial charge in [-0.3, -0.25) is 4.79 Å². The van der Waals surface area contributed by atoms with Gasteiger partial charge in [0, 0.05) is 31.7 Å². The predicted octanol–water partition coefficient (Wildman–Crippen LogP) is 3.07. The number of amides is 1. The maximum Gasteiger partial charge on any atom is 0.227 e. The molecular formula is C19H23N3O. The number of benzene rings is 1. The van der Waals surface area contributed by atoms with Crippen LogP contribution in [-0.2, 0) is 11.2 Å². The number of rotatable bonds is 4. The van der Waals surface area contributed by atoms with Crippen molar-refractivity contribution in [1.82, 2.24) is 9.88 Å². The van der Waals surface area contributed by atoms with Gasteiger partial charge in [0.2, 0.25) is 5.91 Å². The fourth-order valence-corrected chi connectivity index (χ4v) is 3.15. The second-order valence-corrected chi connectivity index (χ2v) is 6.04. The molecular weight excluding hydrogens is 286 g/mol. The molecule has 1 fully saturated rings. The molecule has 0 saturated carbocycles. The van der Waals surface area contributed by atoms with E-state index in [4.69, 9.17) is 0 Å². The van der Waals surface area contributed by atoms with Crippen molar-refractivity contribution in [1.29, 1.82) is 0 Å². The van der Waals surface area contributed by atoms with Crippen molar-refractivity contribution in [2.24, 2.45) is 0 Å². The summed E-state index contributed by atoms with van der Waals surface area (Å²) in [5.74, 6) is 1.43. The Labute approximate surface area is 137 Å². The van der Waals surface area contributed by atoms with Gasteiger partial charge in [-0.25, -0.2) is 4.98 Å². The molecule has 0 bridgehead atoms. The third-order valence-electron chi connectivity index (χ3n) is 4.42. The molecule has 1 aliphatic heterocycles. The van der Waals surface area contributed by atoms with Crippen LogP contribution in [0.5, 0.6) is 0 Å². The molecule has 3 rings (SSSR count). The van der Waals surface area contributed by atoms with Crippen LogP contribution < -0.4 is 5.32 Å². The van der Waals surface area contributed by atoms with Gasteiger partial charge >= 0.3 is 0 Å². The summed E-state index contributed by atoms with van der Waals surface area (Å²) in [6, 6.07) is 16.0. The first kappa shape index (κ1) is 15.5. The van der Waals surface area contributed by atoms with Gasteiger partial charge in [-0.15, -0.1) is 0 Å². The van der Waals surface area contributed by atoms with E-state index in [0.717, 1.165) is 43.0 Å². The average molecular weight is 309 g/mol. The van der Waals surface area contributed by atoms with E-state index in [1.54, 1.807) is 0 Å². The van der Waals surface area contributed by atoms with Gasteiger partial charge in [0.1, 0.15) is 5.82 Å². The fraction of sp³-hybridized carbons (Fsp3) is 0.368. The van der Waals surface area contributed by atoms with Gasteiger partial charge in [0.15, 0.2) is 0 Å². The van der Waals surface area contributed by atoms with E-state index in [9.17, 15) is 4.79 Å². The van der Waals surface area contributed by atoms with Crippen LogP contribution in [-0.4, -0.2) is 35.9 Å². The van der Waals surface area contributed by atoms with Gasteiger partial charge in [0.25, 0.3) is 0 Å². The van der Waals surface area contributed by atoms with Crippen LogP contribution in [0.1, 0.15) is 30.0 Å². The van der Waals surface area contributed by atoms with Crippen molar-refractivity contribution in [2.45, 2.75) is 25.2 Å². The minimum atomic E-state index is 0.214. The quantitative estimate of drug-likeness (QED) is 0.944. The number of hydrogen-bond donors (Lipinski definition) is 1. The number of nitrogens with zero attached hydrogens (tertiary/aromatic N) is 2. The minimum absolute atomic E-state index is 0.214. The highest BCUT2D eigenvalue weighted by Crippen LogP contribution is 2.26. The maximum absolute atomic E-state index is 12.6. The van der Waals surface area contributed by atoms with E-state index < -0.39 is 0 Å². The third-order valence-corrected chi connectivity index (χ3v) is 4.42. The van der Waals surface area contributed by atoms with Gasteiger partial charge in [-0.1, -0.05) is 36.4 Å². The molecule has 1 amide bonds. The van der Waals surface area contributed by atoms with Crippen molar-refractivity contribution in [3.05, 3.63) is 59.8 Å². The summed E-state index contributed by atoms with van der Waals surface area (Å²) in [5, 5.41) is 3.08. The summed E-state index contributed by atoms with van der Waals surface area (Å²) in [7, 11) is 1.88. The number of piperidine rings is 1. The zero-order chi connectivity index (χ0) is 16.1. The lowest BCUT2D eigenvalue weighted by Crippen LogP contribution is -2.40. The van der Waals surface area contributed by atoms with E-state index in [2.05, 4.69) is 16.4 Å². The van der Waals surface area contributed by atoms with Crippen LogP contribution in [0, 0.1) is 0 Å². The van der Waals surface area contributed by atoms with Crippen molar-refractivity contribution in [2.75, 3.05) is 25.5 Å². The molecule has 1 aliphatic rings. The zero-order valence-electron chi connectivity index (χ0n) is 13.5. The average Bonchev–Trinajstić information content (AvgIpc) is 2.63. The highest BCUT2D eigenvalue weighted by molar-refractivity contribution is 5.79. The Hall–Kier alpha value is -2.36. The van der Waals surface area contributed by atoms with E-state index in [1.165, 1.54) is 0 Å². The maximum atomic E-state index is 12.6. The standard InChI is InChI=1S/C19H23N3O/c1-20-18-11-5-10-17(21-18)16-9-6-12-22(14-16)19(23)13-15-7-3-2-4-8-15/h2-5,7-8,10-11,16H,6,9,12-14H2,1H3,(H,20,21)/t16-/m0/s1. The molecule has 2 aromatic rings. The second kappa shape index (κ2) is 7.27. The molecule has 2 heterocycles. The van der Waals surface area contributed by atoms with E-state index in [0.29, 0.717) is 12.3 Å². The smallest absolute Gasteiger partial charge is 0.227 e. The van der Waals surface area contributed by atoms with Crippen molar-refractivity contribution in [3.8, 4) is 0 Å². The highest BCUT2D eigenvalue weighted by atomic mass is 16.2. The largest absolute Gasteiger partial charge is 0.373 e. The molecule has 1 N–H and O–H groups in total. The van der Waals surface area contributed by atoms with Gasteiger partial charge in [-0.2, -0.15) is 0 Å². The molecule has 1 aromatic carbocycles. The molecule has 1 aromatic heterocycles. The molecule has 0 radical (unpaired) electrons. The Morgan fingerprint density at radius 2 is 2.04 bits per heavy atom. The number of carbonyl (C=O) groups excluding carboxylic acids is 1. The number of pyridine rings is 1. The van der Waals surface area contributed by atoms with E-state index in [-0.39, 0.29) is 5.91 Å². The third kappa shape index (κ3) is 3.89. The van der Waals surface area contributed by atoms with Gasteiger partial charge in [-0.05, 0) is 30.5 Å². The monoisotopic (exact) mass is 309 g/mol. The number of nitrogens with one attached hydrogen (secondary N) is 1. The molecule has 120 valence electrons. The normalized spacial score (nSPS) is 17.8. The Morgan fingerprint density at radius 3 is 2.83 bits per heavy atom. The lowest BCUT2D eigenvalue weighted by atomic mass is 9.94. The summed E-state index contributed by atoms with van der Waals surface area (Å²) in [6.45, 7) is 1.62. The van der Waals surface area contributed by atoms with Crippen molar-refractivity contribution in [3.63, 3.8) is 0 Å². The SMILES string of the molecule is CNc1cccc([C@H]2CCCN(C(=O)Cc3ccccc3)C2)n1. The van der Waals surface area contributed by atoms with Crippen LogP contribution in [0.2, 0.25) is 0 Å². The molecule has 23 heavy (non-hydrogen) atoms. The van der Waals surface area contributed by atoms with Crippen LogP contribution >= 0.6 is 0 Å². The Kier molecular flexibility index (Phi) is 4.91. The molecule has 1 atom stereocenters. The first-order chi connectivity index (χ1) is 11.3. The van der Waals surface area contributed by atoms with Crippen LogP contribution in [0.15, 0.2) is 48.5 Å². The number of likely N-dealkylation sites (tertiary alicyclic amines) is 1. The first-order valence-corrected chi connectivity index (χ1v) is 8.22. The topological polar surface area (TPSA) is 45.2 Å². The lowest BCUT2D eigenvalue weighted by Gasteiger charge is -2.32. The number of anilines is 1. The number of carbonyl (C=O) groups is 1. The van der Waals surface area contributed by atoms with E-state index in [1.807, 2.05) is 54.4 Å². The summed E-state index contributed by atoms with van der Waals surface area (Å²) in [6.07, 6.45) is 2.61. The molecule has 1 saturated heterocycles. The van der Waals surface area contributed by atoms with Gasteiger partial charge in [0.05, 0.1) is 6.42 Å². The Morgan fingerprint density at radius 1 is 1.22 bits per heavy atom. The summed E-state index contributed by atoms with van der Waals surface area (Å²) in [5.41, 5.74) is 2.16.